The van der Waals surface area contributed by atoms with Crippen molar-refractivity contribution in [2.45, 2.75) is 26.2 Å². The Labute approximate surface area is 114 Å². The van der Waals surface area contributed by atoms with Crippen LogP contribution in [0.15, 0.2) is 0 Å². The minimum Gasteiger partial charge on any atom is -0.481 e. The number of rotatable bonds is 6. The summed E-state index contributed by atoms with van der Waals surface area (Å²) < 4.78 is 5.28. The molecule has 0 spiro atoms. The Balaban J connectivity index is 2.22. The highest BCUT2D eigenvalue weighted by atomic mass is 16.5. The van der Waals surface area contributed by atoms with E-state index in [0.717, 1.165) is 32.6 Å². The zero-order chi connectivity index (χ0) is 14.3. The summed E-state index contributed by atoms with van der Waals surface area (Å²) in [5.41, 5.74) is 0. The van der Waals surface area contributed by atoms with Gasteiger partial charge in [0.15, 0.2) is 0 Å². The van der Waals surface area contributed by atoms with Crippen molar-refractivity contribution in [2.24, 2.45) is 11.8 Å². The molecule has 0 aromatic carbocycles. The van der Waals surface area contributed by atoms with E-state index >= 15 is 0 Å². The van der Waals surface area contributed by atoms with Crippen LogP contribution in [0.3, 0.4) is 0 Å². The van der Waals surface area contributed by atoms with Gasteiger partial charge in [-0.15, -0.1) is 0 Å². The van der Waals surface area contributed by atoms with Crippen LogP contribution in [0.1, 0.15) is 26.2 Å². The van der Waals surface area contributed by atoms with Crippen molar-refractivity contribution in [2.75, 3.05) is 33.4 Å². The third-order valence-corrected chi connectivity index (χ3v) is 3.34. The lowest BCUT2D eigenvalue weighted by Crippen LogP contribution is -2.42. The summed E-state index contributed by atoms with van der Waals surface area (Å²) in [5, 5.41) is 11.4. The van der Waals surface area contributed by atoms with Gasteiger partial charge in [0.25, 0.3) is 0 Å². The molecule has 1 rings (SSSR count). The van der Waals surface area contributed by atoms with Gasteiger partial charge >= 0.3 is 12.0 Å². The molecule has 6 heteroatoms. The molecule has 2 N–H and O–H groups in total. The number of carbonyl (C=O) groups is 2. The number of urea groups is 1. The molecule has 0 bridgehead atoms. The largest absolute Gasteiger partial charge is 0.481 e. The number of carbonyl (C=O) groups excluding carboxylic acids is 1. The van der Waals surface area contributed by atoms with Crippen molar-refractivity contribution in [3.63, 3.8) is 0 Å². The van der Waals surface area contributed by atoms with Crippen LogP contribution in [0.25, 0.3) is 0 Å². The molecular formula is C13H24N2O4. The fourth-order valence-corrected chi connectivity index (χ4v) is 2.17. The first-order valence-corrected chi connectivity index (χ1v) is 6.77. The number of hydrogen-bond donors (Lipinski definition) is 2. The Bertz CT molecular complexity index is 303. The van der Waals surface area contributed by atoms with Gasteiger partial charge in [0, 0.05) is 39.8 Å². The molecule has 1 fully saturated rings. The maximum Gasteiger partial charge on any atom is 0.317 e. The van der Waals surface area contributed by atoms with Crippen molar-refractivity contribution >= 4 is 12.0 Å². The number of ether oxygens (including phenoxy) is 1. The van der Waals surface area contributed by atoms with Crippen LogP contribution >= 0.6 is 0 Å². The Morgan fingerprint density at radius 1 is 1.42 bits per heavy atom. The summed E-state index contributed by atoms with van der Waals surface area (Å²) in [7, 11) is 1.77. The fourth-order valence-electron chi connectivity index (χ4n) is 2.17. The summed E-state index contributed by atoms with van der Waals surface area (Å²) in [6.45, 7) is 4.48. The van der Waals surface area contributed by atoms with Gasteiger partial charge in [-0.25, -0.2) is 4.79 Å². The Kier molecular flexibility index (Phi) is 6.62. The smallest absolute Gasteiger partial charge is 0.317 e. The molecule has 2 amide bonds. The van der Waals surface area contributed by atoms with E-state index < -0.39 is 5.97 Å². The standard InChI is InChI=1S/C13H24N2O4/c1-10(7-12(16)17)8-14-13(18)15(2)9-11-3-5-19-6-4-11/h10-11H,3-9H2,1-2H3,(H,14,18)(H,16,17). The quantitative estimate of drug-likeness (QED) is 0.760. The molecule has 1 aliphatic rings. The first kappa shape index (κ1) is 15.8. The Hall–Kier alpha value is -1.30. The molecule has 6 nitrogen and oxygen atoms in total. The molecule has 1 saturated heterocycles. The Morgan fingerprint density at radius 3 is 2.63 bits per heavy atom. The molecule has 1 atom stereocenters. The molecular weight excluding hydrogens is 248 g/mol. The van der Waals surface area contributed by atoms with E-state index in [2.05, 4.69) is 5.32 Å². The maximum atomic E-state index is 11.8. The number of amides is 2. The molecule has 0 saturated carbocycles. The SMILES string of the molecule is CC(CNC(=O)N(C)CC1CCOCC1)CC(=O)O. The molecule has 0 aromatic rings. The molecule has 1 heterocycles. The average Bonchev–Trinajstić information content (AvgIpc) is 2.36. The molecule has 0 radical (unpaired) electrons. The lowest BCUT2D eigenvalue weighted by molar-refractivity contribution is -0.137. The van der Waals surface area contributed by atoms with Gasteiger partial charge in [-0.1, -0.05) is 6.92 Å². The van der Waals surface area contributed by atoms with Crippen molar-refractivity contribution in [3.8, 4) is 0 Å². The highest BCUT2D eigenvalue weighted by molar-refractivity contribution is 5.74. The molecule has 1 aliphatic heterocycles. The first-order valence-electron chi connectivity index (χ1n) is 6.77. The Morgan fingerprint density at radius 2 is 2.05 bits per heavy atom. The number of nitrogens with one attached hydrogen (secondary N) is 1. The second-order valence-corrected chi connectivity index (χ2v) is 5.33. The predicted octanol–water partition coefficient (Wildman–Crippen LogP) is 1.17. The van der Waals surface area contributed by atoms with Gasteiger partial charge < -0.3 is 20.1 Å². The van der Waals surface area contributed by atoms with Crippen molar-refractivity contribution in [1.29, 1.82) is 0 Å². The van der Waals surface area contributed by atoms with Crippen LogP contribution < -0.4 is 5.32 Å². The van der Waals surface area contributed by atoms with Crippen LogP contribution in [0, 0.1) is 11.8 Å². The molecule has 19 heavy (non-hydrogen) atoms. The van der Waals surface area contributed by atoms with E-state index in [1.165, 1.54) is 0 Å². The number of aliphatic carboxylic acids is 1. The number of carboxylic acid groups (broad SMARTS) is 1. The number of hydrogen-bond acceptors (Lipinski definition) is 3. The first-order chi connectivity index (χ1) is 8.99. The van der Waals surface area contributed by atoms with Gasteiger partial charge in [0.05, 0.1) is 0 Å². The zero-order valence-corrected chi connectivity index (χ0v) is 11.7. The van der Waals surface area contributed by atoms with Crippen LogP contribution in [0.4, 0.5) is 4.79 Å². The lowest BCUT2D eigenvalue weighted by atomic mass is 10.00. The summed E-state index contributed by atoms with van der Waals surface area (Å²) >= 11 is 0. The third-order valence-electron chi connectivity index (χ3n) is 3.34. The highest BCUT2D eigenvalue weighted by Crippen LogP contribution is 2.15. The van der Waals surface area contributed by atoms with E-state index in [-0.39, 0.29) is 18.4 Å². The van der Waals surface area contributed by atoms with Gasteiger partial charge in [0.1, 0.15) is 0 Å². The second-order valence-electron chi connectivity index (χ2n) is 5.33. The second kappa shape index (κ2) is 7.99. The number of nitrogens with zero attached hydrogens (tertiary/aromatic N) is 1. The van der Waals surface area contributed by atoms with E-state index in [0.29, 0.717) is 12.5 Å². The molecule has 110 valence electrons. The monoisotopic (exact) mass is 272 g/mol. The molecule has 0 aromatic heterocycles. The van der Waals surface area contributed by atoms with Crippen molar-refractivity contribution in [3.05, 3.63) is 0 Å². The van der Waals surface area contributed by atoms with E-state index in [1.807, 2.05) is 6.92 Å². The van der Waals surface area contributed by atoms with E-state index in [1.54, 1.807) is 11.9 Å². The van der Waals surface area contributed by atoms with Gasteiger partial charge in [-0.3, -0.25) is 4.79 Å². The normalized spacial score (nSPS) is 17.8. The highest BCUT2D eigenvalue weighted by Gasteiger charge is 2.19. The fraction of sp³-hybridized carbons (Fsp3) is 0.846. The van der Waals surface area contributed by atoms with Crippen LogP contribution in [-0.4, -0.2) is 55.4 Å². The molecule has 1 unspecified atom stereocenters. The van der Waals surface area contributed by atoms with Crippen molar-refractivity contribution in [1.82, 2.24) is 10.2 Å². The predicted molar refractivity (Wildman–Crippen MR) is 71.0 cm³/mol. The summed E-state index contributed by atoms with van der Waals surface area (Å²) in [4.78, 5) is 24.0. The average molecular weight is 272 g/mol. The van der Waals surface area contributed by atoms with E-state index in [9.17, 15) is 9.59 Å². The third kappa shape index (κ3) is 6.42. The summed E-state index contributed by atoms with van der Waals surface area (Å²) in [5.74, 6) is -0.392. The maximum absolute atomic E-state index is 11.8. The van der Waals surface area contributed by atoms with Gasteiger partial charge in [-0.2, -0.15) is 0 Å². The number of carboxylic acids is 1. The van der Waals surface area contributed by atoms with Crippen LogP contribution in [0.5, 0.6) is 0 Å². The van der Waals surface area contributed by atoms with E-state index in [4.69, 9.17) is 9.84 Å². The van der Waals surface area contributed by atoms with Gasteiger partial charge in [-0.05, 0) is 24.7 Å². The van der Waals surface area contributed by atoms with Crippen molar-refractivity contribution < 1.29 is 19.4 Å². The topological polar surface area (TPSA) is 78.9 Å². The molecule has 0 aliphatic carbocycles. The van der Waals surface area contributed by atoms with Crippen LogP contribution in [0.2, 0.25) is 0 Å². The lowest BCUT2D eigenvalue weighted by Gasteiger charge is -2.27. The zero-order valence-electron chi connectivity index (χ0n) is 11.7. The summed E-state index contributed by atoms with van der Waals surface area (Å²) in [6.07, 6.45) is 2.06. The minimum atomic E-state index is -0.836. The summed E-state index contributed by atoms with van der Waals surface area (Å²) in [6, 6.07) is -0.135. The minimum absolute atomic E-state index is 0.0575. The van der Waals surface area contributed by atoms with Gasteiger partial charge in [0.2, 0.25) is 0 Å². The van der Waals surface area contributed by atoms with Crippen LogP contribution in [-0.2, 0) is 9.53 Å².